The zero-order valence-electron chi connectivity index (χ0n) is 15.0. The molecule has 0 fully saturated rings. The van der Waals surface area contributed by atoms with Gasteiger partial charge >= 0.3 is 0 Å². The van der Waals surface area contributed by atoms with Crippen molar-refractivity contribution in [3.05, 3.63) is 77.1 Å². The zero-order valence-corrected chi connectivity index (χ0v) is 15.8. The number of benzene rings is 2. The highest BCUT2D eigenvalue weighted by Gasteiger charge is 2.20. The molecule has 0 aliphatic heterocycles. The maximum Gasteiger partial charge on any atom is 0.262 e. The molecule has 144 valence electrons. The van der Waals surface area contributed by atoms with Gasteiger partial charge in [0.05, 0.1) is 21.8 Å². The van der Waals surface area contributed by atoms with E-state index in [0.717, 1.165) is 23.9 Å². The third kappa shape index (κ3) is 4.12. The summed E-state index contributed by atoms with van der Waals surface area (Å²) in [7, 11) is 0. The fourth-order valence-electron chi connectivity index (χ4n) is 2.56. The topological polar surface area (TPSA) is 64.0 Å². The number of allylic oxidation sites excluding steroid dienone is 1. The number of rotatable bonds is 6. The highest BCUT2D eigenvalue weighted by molar-refractivity contribution is 8.00. The molecule has 1 amide bonds. The van der Waals surface area contributed by atoms with E-state index in [1.165, 1.54) is 4.57 Å². The summed E-state index contributed by atoms with van der Waals surface area (Å²) in [5.74, 6) is -2.09. The fraction of sp³-hybridized carbons (Fsp3) is 0.150. The van der Waals surface area contributed by atoms with Crippen LogP contribution in [0.5, 0.6) is 0 Å². The van der Waals surface area contributed by atoms with E-state index in [-0.39, 0.29) is 17.8 Å². The summed E-state index contributed by atoms with van der Waals surface area (Å²) in [4.78, 5) is 29.7. The van der Waals surface area contributed by atoms with Crippen molar-refractivity contribution in [3.63, 3.8) is 0 Å². The minimum Gasteiger partial charge on any atom is -0.323 e. The van der Waals surface area contributed by atoms with Gasteiger partial charge in [0.15, 0.2) is 5.16 Å². The predicted molar refractivity (Wildman–Crippen MR) is 107 cm³/mol. The Morgan fingerprint density at radius 3 is 2.79 bits per heavy atom. The number of amides is 1. The first-order chi connectivity index (χ1) is 13.4. The normalized spacial score (nSPS) is 12.0. The van der Waals surface area contributed by atoms with E-state index >= 15 is 0 Å². The van der Waals surface area contributed by atoms with Crippen molar-refractivity contribution in [2.75, 3.05) is 5.32 Å². The van der Waals surface area contributed by atoms with Crippen molar-refractivity contribution in [2.24, 2.45) is 0 Å². The number of nitrogens with one attached hydrogen (secondary N) is 1. The molecule has 1 heterocycles. The molecular formula is C20H17F2N3O2S. The molecule has 8 heteroatoms. The monoisotopic (exact) mass is 401 g/mol. The largest absolute Gasteiger partial charge is 0.323 e. The van der Waals surface area contributed by atoms with Crippen molar-refractivity contribution in [3.8, 4) is 0 Å². The van der Waals surface area contributed by atoms with E-state index in [9.17, 15) is 18.4 Å². The number of nitrogens with zero attached hydrogens (tertiary/aromatic N) is 2. The minimum absolute atomic E-state index is 0.117. The van der Waals surface area contributed by atoms with Crippen LogP contribution >= 0.6 is 11.8 Å². The standard InChI is InChI=1S/C20H17F2N3O2S/c1-3-10-25-19(27)14-6-4-5-7-16(14)24-20(25)28-12(2)18(26)23-17-9-8-13(21)11-15(17)22/h3-9,11-12H,1,10H2,2H3,(H,23,26)/t12-/m1/s1. The third-order valence-corrected chi connectivity index (χ3v) is 5.07. The van der Waals surface area contributed by atoms with Gasteiger partial charge < -0.3 is 5.32 Å². The van der Waals surface area contributed by atoms with Crippen molar-refractivity contribution in [2.45, 2.75) is 23.9 Å². The number of carbonyl (C=O) groups excluding carboxylic acids is 1. The number of hydrogen-bond donors (Lipinski definition) is 1. The number of halogens is 2. The van der Waals surface area contributed by atoms with Gasteiger partial charge in [0, 0.05) is 12.6 Å². The van der Waals surface area contributed by atoms with Crippen molar-refractivity contribution < 1.29 is 13.6 Å². The summed E-state index contributed by atoms with van der Waals surface area (Å²) >= 11 is 1.07. The maximum atomic E-state index is 13.8. The van der Waals surface area contributed by atoms with Gasteiger partial charge in [0.1, 0.15) is 11.6 Å². The van der Waals surface area contributed by atoms with Gasteiger partial charge in [-0.2, -0.15) is 0 Å². The Kier molecular flexibility index (Phi) is 5.89. The lowest BCUT2D eigenvalue weighted by atomic mass is 10.2. The molecule has 0 aliphatic carbocycles. The summed E-state index contributed by atoms with van der Waals surface area (Å²) in [6, 6.07) is 9.84. The van der Waals surface area contributed by atoms with Gasteiger partial charge in [-0.15, -0.1) is 6.58 Å². The Hall–Kier alpha value is -3.00. The third-order valence-electron chi connectivity index (χ3n) is 3.98. The summed E-state index contributed by atoms with van der Waals surface area (Å²) in [6.45, 7) is 5.50. The van der Waals surface area contributed by atoms with Gasteiger partial charge in [-0.3, -0.25) is 14.2 Å². The second kappa shape index (κ2) is 8.35. The van der Waals surface area contributed by atoms with E-state index in [1.54, 1.807) is 37.3 Å². The summed E-state index contributed by atoms with van der Waals surface area (Å²) < 4.78 is 28.2. The van der Waals surface area contributed by atoms with Crippen LogP contribution in [0, 0.1) is 11.6 Å². The Bertz CT molecular complexity index is 1110. The summed E-state index contributed by atoms with van der Waals surface area (Å²) in [6.07, 6.45) is 1.57. The molecule has 3 rings (SSSR count). The summed E-state index contributed by atoms with van der Waals surface area (Å²) in [5, 5.41) is 2.56. The van der Waals surface area contributed by atoms with Crippen LogP contribution in [0.15, 0.2) is 65.1 Å². The van der Waals surface area contributed by atoms with Crippen LogP contribution in [-0.4, -0.2) is 20.7 Å². The van der Waals surface area contributed by atoms with Gasteiger partial charge in [-0.05, 0) is 31.2 Å². The van der Waals surface area contributed by atoms with Crippen LogP contribution in [-0.2, 0) is 11.3 Å². The molecule has 1 aromatic heterocycles. The van der Waals surface area contributed by atoms with Crippen LogP contribution in [0.25, 0.3) is 10.9 Å². The predicted octanol–water partition coefficient (Wildman–Crippen LogP) is 3.98. The molecule has 28 heavy (non-hydrogen) atoms. The maximum absolute atomic E-state index is 13.8. The number of fused-ring (bicyclic) bond motifs is 1. The second-order valence-corrected chi connectivity index (χ2v) is 7.30. The van der Waals surface area contributed by atoms with Crippen LogP contribution in [0.1, 0.15) is 6.92 Å². The zero-order chi connectivity index (χ0) is 20.3. The molecule has 0 spiro atoms. The molecule has 0 unspecified atom stereocenters. The first kappa shape index (κ1) is 19.8. The van der Waals surface area contributed by atoms with Crippen molar-refractivity contribution in [1.29, 1.82) is 0 Å². The SMILES string of the molecule is C=CCn1c(S[C@H](C)C(=O)Nc2ccc(F)cc2F)nc2ccccc2c1=O. The van der Waals surface area contributed by atoms with Crippen LogP contribution in [0.3, 0.4) is 0 Å². The van der Waals surface area contributed by atoms with E-state index < -0.39 is 22.8 Å². The Balaban J connectivity index is 1.88. The molecule has 0 saturated heterocycles. The highest BCUT2D eigenvalue weighted by Crippen LogP contribution is 2.24. The van der Waals surface area contributed by atoms with Crippen molar-refractivity contribution >= 4 is 34.3 Å². The molecule has 3 aromatic rings. The van der Waals surface area contributed by atoms with E-state index in [1.807, 2.05) is 0 Å². The van der Waals surface area contributed by atoms with Gasteiger partial charge in [0.2, 0.25) is 5.91 Å². The first-order valence-electron chi connectivity index (χ1n) is 8.43. The number of para-hydroxylation sites is 1. The average Bonchev–Trinajstić information content (AvgIpc) is 2.67. The van der Waals surface area contributed by atoms with Crippen LogP contribution in [0.2, 0.25) is 0 Å². The van der Waals surface area contributed by atoms with E-state index in [2.05, 4.69) is 16.9 Å². The quantitative estimate of drug-likeness (QED) is 0.386. The molecule has 0 radical (unpaired) electrons. The summed E-state index contributed by atoms with van der Waals surface area (Å²) in [5.41, 5.74) is 0.173. The molecule has 0 saturated carbocycles. The number of carbonyl (C=O) groups is 1. The minimum atomic E-state index is -0.863. The smallest absolute Gasteiger partial charge is 0.262 e. The lowest BCUT2D eigenvalue weighted by Crippen LogP contribution is -2.27. The van der Waals surface area contributed by atoms with Crippen LogP contribution in [0.4, 0.5) is 14.5 Å². The molecular weight excluding hydrogens is 384 g/mol. The molecule has 2 aromatic carbocycles. The van der Waals surface area contributed by atoms with E-state index in [0.29, 0.717) is 22.1 Å². The second-order valence-electron chi connectivity index (χ2n) is 5.99. The number of hydrogen-bond acceptors (Lipinski definition) is 4. The fourth-order valence-corrected chi connectivity index (χ4v) is 3.48. The number of aromatic nitrogens is 2. The van der Waals surface area contributed by atoms with Crippen molar-refractivity contribution in [1.82, 2.24) is 9.55 Å². The van der Waals surface area contributed by atoms with Crippen LogP contribution < -0.4 is 10.9 Å². The number of thioether (sulfide) groups is 1. The Morgan fingerprint density at radius 1 is 1.32 bits per heavy atom. The van der Waals surface area contributed by atoms with Gasteiger partial charge in [-0.1, -0.05) is 30.0 Å². The molecule has 0 aliphatic rings. The van der Waals surface area contributed by atoms with Gasteiger partial charge in [0.25, 0.3) is 5.56 Å². The molecule has 0 bridgehead atoms. The first-order valence-corrected chi connectivity index (χ1v) is 9.31. The molecule has 5 nitrogen and oxygen atoms in total. The lowest BCUT2D eigenvalue weighted by Gasteiger charge is -2.15. The Labute approximate surface area is 164 Å². The van der Waals surface area contributed by atoms with E-state index in [4.69, 9.17) is 0 Å². The lowest BCUT2D eigenvalue weighted by molar-refractivity contribution is -0.115. The Morgan fingerprint density at radius 2 is 2.07 bits per heavy atom. The molecule has 1 N–H and O–H groups in total. The van der Waals surface area contributed by atoms with Gasteiger partial charge in [-0.25, -0.2) is 13.8 Å². The molecule has 1 atom stereocenters. The highest BCUT2D eigenvalue weighted by atomic mass is 32.2. The average molecular weight is 401 g/mol. The number of anilines is 1.